The lowest BCUT2D eigenvalue weighted by Crippen LogP contribution is -2.51. The smallest absolute Gasteiger partial charge is 0.408 e. The Bertz CT molecular complexity index is 760. The molecule has 154 valence electrons. The highest BCUT2D eigenvalue weighted by atomic mass is 35.5. The summed E-state index contributed by atoms with van der Waals surface area (Å²) in [6.45, 7) is 7.74. The number of anilines is 1. The number of ketones is 1. The van der Waals surface area contributed by atoms with Gasteiger partial charge < -0.3 is 20.7 Å². The van der Waals surface area contributed by atoms with Crippen molar-refractivity contribution in [1.29, 1.82) is 0 Å². The molecular formula is C20H28ClN3O4. The average molecular weight is 410 g/mol. The first-order valence-corrected chi connectivity index (χ1v) is 9.74. The van der Waals surface area contributed by atoms with Crippen molar-refractivity contribution >= 4 is 35.1 Å². The zero-order valence-corrected chi connectivity index (χ0v) is 17.5. The molecule has 0 saturated carbocycles. The number of carbonyl (C=O) groups excluding carboxylic acids is 3. The van der Waals surface area contributed by atoms with Crippen LogP contribution in [-0.4, -0.2) is 46.9 Å². The van der Waals surface area contributed by atoms with E-state index in [-0.39, 0.29) is 35.4 Å². The third-order valence-electron chi connectivity index (χ3n) is 4.53. The normalized spacial score (nSPS) is 17.9. The number of Topliss-reactive ketones (excluding diaryl/α,β-unsaturated/α-hetero) is 1. The number of nitrogens with two attached hydrogens (primary N) is 1. The van der Waals surface area contributed by atoms with Crippen molar-refractivity contribution in [3.05, 3.63) is 28.8 Å². The first-order valence-electron chi connectivity index (χ1n) is 9.36. The molecule has 1 aromatic carbocycles. The number of hydrogen-bond donors (Lipinski definition) is 2. The Morgan fingerprint density at radius 2 is 2.04 bits per heavy atom. The second-order valence-electron chi connectivity index (χ2n) is 8.08. The number of benzene rings is 1. The van der Waals surface area contributed by atoms with Crippen molar-refractivity contribution in [3.8, 4) is 0 Å². The quantitative estimate of drug-likeness (QED) is 0.573. The minimum atomic E-state index is -1.03. The van der Waals surface area contributed by atoms with Crippen LogP contribution in [0.25, 0.3) is 0 Å². The molecule has 28 heavy (non-hydrogen) atoms. The van der Waals surface area contributed by atoms with Gasteiger partial charge in [0, 0.05) is 35.3 Å². The minimum absolute atomic E-state index is 0.0612. The fraction of sp³-hybridized carbons (Fsp3) is 0.550. The first kappa shape index (κ1) is 22.0. The summed E-state index contributed by atoms with van der Waals surface area (Å²) in [7, 11) is 0. The topological polar surface area (TPSA) is 102 Å². The molecule has 2 amide bonds. The molecule has 0 spiro atoms. The number of likely N-dealkylation sites (tertiary alicyclic amines) is 1. The summed E-state index contributed by atoms with van der Waals surface area (Å²) in [5.41, 5.74) is 5.67. The highest BCUT2D eigenvalue weighted by molar-refractivity contribution is 6.31. The Kier molecular flexibility index (Phi) is 6.93. The summed E-state index contributed by atoms with van der Waals surface area (Å²) in [6.07, 6.45) is 0.829. The molecule has 1 saturated heterocycles. The van der Waals surface area contributed by atoms with E-state index in [0.29, 0.717) is 11.6 Å². The third-order valence-corrected chi connectivity index (χ3v) is 4.76. The highest BCUT2D eigenvalue weighted by Gasteiger charge is 2.34. The number of halogens is 1. The molecule has 0 radical (unpaired) electrons. The molecule has 2 atom stereocenters. The Balaban J connectivity index is 2.20. The number of hydrogen-bond acceptors (Lipinski definition) is 5. The molecule has 2 rings (SSSR count). The van der Waals surface area contributed by atoms with E-state index < -0.39 is 17.7 Å². The number of ether oxygens (including phenoxy) is 1. The second kappa shape index (κ2) is 8.82. The van der Waals surface area contributed by atoms with Crippen molar-refractivity contribution in [2.24, 2.45) is 0 Å². The number of rotatable bonds is 5. The number of nitrogens with zero attached hydrogens (tertiary/aromatic N) is 1. The van der Waals surface area contributed by atoms with E-state index in [0.717, 1.165) is 12.8 Å². The molecule has 8 heteroatoms. The number of nitrogens with one attached hydrogen (secondary N) is 1. The first-order chi connectivity index (χ1) is 13.0. The summed E-state index contributed by atoms with van der Waals surface area (Å²) in [6, 6.07) is 3.60. The Morgan fingerprint density at radius 1 is 1.36 bits per heavy atom. The van der Waals surface area contributed by atoms with Crippen LogP contribution in [0, 0.1) is 0 Å². The minimum Gasteiger partial charge on any atom is -0.444 e. The van der Waals surface area contributed by atoms with Gasteiger partial charge in [0.25, 0.3) is 0 Å². The maximum atomic E-state index is 13.0. The van der Waals surface area contributed by atoms with E-state index in [1.807, 2.05) is 6.92 Å². The van der Waals surface area contributed by atoms with Gasteiger partial charge in [-0.05, 0) is 58.7 Å². The molecule has 1 aliphatic heterocycles. The predicted molar refractivity (Wildman–Crippen MR) is 108 cm³/mol. The summed E-state index contributed by atoms with van der Waals surface area (Å²) >= 11 is 5.88. The van der Waals surface area contributed by atoms with Crippen LogP contribution >= 0.6 is 11.6 Å². The Labute approximate surface area is 170 Å². The fourth-order valence-corrected chi connectivity index (χ4v) is 3.37. The molecular weight excluding hydrogens is 382 g/mol. The molecule has 7 nitrogen and oxygen atoms in total. The van der Waals surface area contributed by atoms with Crippen molar-refractivity contribution in [3.63, 3.8) is 0 Å². The number of nitrogen functional groups attached to an aromatic ring is 1. The van der Waals surface area contributed by atoms with Gasteiger partial charge in [0.2, 0.25) is 5.91 Å². The molecule has 1 fully saturated rings. The van der Waals surface area contributed by atoms with Gasteiger partial charge in [-0.1, -0.05) is 11.6 Å². The summed E-state index contributed by atoms with van der Waals surface area (Å²) < 4.78 is 5.26. The maximum Gasteiger partial charge on any atom is 0.408 e. The molecule has 1 aromatic rings. The van der Waals surface area contributed by atoms with Crippen LogP contribution < -0.4 is 11.1 Å². The summed E-state index contributed by atoms with van der Waals surface area (Å²) in [4.78, 5) is 39.7. The van der Waals surface area contributed by atoms with Gasteiger partial charge in [-0.3, -0.25) is 9.59 Å². The van der Waals surface area contributed by atoms with E-state index >= 15 is 0 Å². The lowest BCUT2D eigenvalue weighted by atomic mass is 10.0. The second-order valence-corrected chi connectivity index (χ2v) is 8.52. The molecule has 0 aromatic heterocycles. The zero-order chi connectivity index (χ0) is 21.1. The van der Waals surface area contributed by atoms with Gasteiger partial charge >= 0.3 is 6.09 Å². The van der Waals surface area contributed by atoms with E-state index in [9.17, 15) is 14.4 Å². The number of alkyl carbamates (subject to hydrolysis) is 1. The molecule has 3 N–H and O–H groups in total. The largest absolute Gasteiger partial charge is 0.444 e. The third kappa shape index (κ3) is 5.86. The van der Waals surface area contributed by atoms with Gasteiger partial charge in [0.05, 0.1) is 0 Å². The van der Waals surface area contributed by atoms with E-state index in [2.05, 4.69) is 5.32 Å². The number of amides is 2. The number of carbonyl (C=O) groups is 3. The molecule has 1 unspecified atom stereocenters. The van der Waals surface area contributed by atoms with Crippen molar-refractivity contribution in [1.82, 2.24) is 10.2 Å². The van der Waals surface area contributed by atoms with Gasteiger partial charge in [0.15, 0.2) is 5.78 Å². The van der Waals surface area contributed by atoms with E-state index in [1.54, 1.807) is 31.7 Å². The van der Waals surface area contributed by atoms with Crippen molar-refractivity contribution in [2.45, 2.75) is 64.6 Å². The molecule has 1 aliphatic rings. The van der Waals surface area contributed by atoms with Crippen molar-refractivity contribution < 1.29 is 19.1 Å². The van der Waals surface area contributed by atoms with Crippen LogP contribution in [0.2, 0.25) is 5.02 Å². The lowest BCUT2D eigenvalue weighted by Gasteiger charge is -2.28. The Hall–Kier alpha value is -2.28. The van der Waals surface area contributed by atoms with Gasteiger partial charge in [-0.15, -0.1) is 0 Å². The van der Waals surface area contributed by atoms with Gasteiger partial charge in [-0.25, -0.2) is 4.79 Å². The summed E-state index contributed by atoms with van der Waals surface area (Å²) in [5.74, 6) is -0.646. The fourth-order valence-electron chi connectivity index (χ4n) is 3.19. The van der Waals surface area contributed by atoms with E-state index in [1.165, 1.54) is 12.1 Å². The monoisotopic (exact) mass is 409 g/mol. The molecule has 1 heterocycles. The van der Waals surface area contributed by atoms with Crippen LogP contribution in [0.15, 0.2) is 18.2 Å². The average Bonchev–Trinajstić information content (AvgIpc) is 2.97. The van der Waals surface area contributed by atoms with Crippen LogP contribution in [0.4, 0.5) is 10.5 Å². The van der Waals surface area contributed by atoms with Gasteiger partial charge in [0.1, 0.15) is 11.6 Å². The maximum absolute atomic E-state index is 13.0. The molecule has 0 aliphatic carbocycles. The van der Waals surface area contributed by atoms with Crippen LogP contribution in [0.3, 0.4) is 0 Å². The molecule has 0 bridgehead atoms. The van der Waals surface area contributed by atoms with E-state index in [4.69, 9.17) is 22.1 Å². The SMILES string of the molecule is C[C@H]1CCCN1C(=O)C(CC(=O)c1ccc(Cl)cc1N)NC(=O)OC(C)(C)C. The van der Waals surface area contributed by atoms with Gasteiger partial charge in [-0.2, -0.15) is 0 Å². The van der Waals surface area contributed by atoms with Crippen molar-refractivity contribution in [2.75, 3.05) is 12.3 Å². The summed E-state index contributed by atoms with van der Waals surface area (Å²) in [5, 5.41) is 2.98. The van der Waals surface area contributed by atoms with Crippen LogP contribution in [0.1, 0.15) is 57.3 Å². The highest BCUT2D eigenvalue weighted by Crippen LogP contribution is 2.22. The van der Waals surface area contributed by atoms with Crippen LogP contribution in [-0.2, 0) is 9.53 Å². The lowest BCUT2D eigenvalue weighted by molar-refractivity contribution is -0.134. The Morgan fingerprint density at radius 3 is 2.57 bits per heavy atom. The predicted octanol–water partition coefficient (Wildman–Crippen LogP) is 3.40. The van der Waals surface area contributed by atoms with Crippen LogP contribution in [0.5, 0.6) is 0 Å². The zero-order valence-electron chi connectivity index (χ0n) is 16.8. The standard InChI is InChI=1S/C20H28ClN3O4/c1-12-6-5-9-24(12)18(26)16(23-19(27)28-20(2,3)4)11-17(25)14-8-7-13(21)10-15(14)22/h7-8,10,12,16H,5-6,9,11,22H2,1-4H3,(H,23,27)/t12-,16?/m0/s1.